The number of carbonyl (C=O) groups is 2. The first-order valence-corrected chi connectivity index (χ1v) is 12.3. The van der Waals surface area contributed by atoms with Crippen molar-refractivity contribution in [1.82, 2.24) is 0 Å². The first-order valence-electron chi connectivity index (χ1n) is 10.6. The van der Waals surface area contributed by atoms with Crippen molar-refractivity contribution in [3.63, 3.8) is 0 Å². The van der Waals surface area contributed by atoms with E-state index >= 15 is 0 Å². The summed E-state index contributed by atoms with van der Waals surface area (Å²) in [5.74, 6) is -0.716. The van der Waals surface area contributed by atoms with E-state index in [1.54, 1.807) is 13.2 Å². The van der Waals surface area contributed by atoms with Crippen molar-refractivity contribution in [1.29, 1.82) is 0 Å². The summed E-state index contributed by atoms with van der Waals surface area (Å²) in [4.78, 5) is 25.1. The van der Waals surface area contributed by atoms with Crippen LogP contribution in [0.4, 0.5) is 17.1 Å². The third-order valence-electron chi connectivity index (χ3n) is 4.85. The zero-order valence-corrected chi connectivity index (χ0v) is 21.4. The number of thiocarbonyl (C=S) groups is 1. The molecule has 3 rings (SSSR count). The fourth-order valence-electron chi connectivity index (χ4n) is 3.16. The average Bonchev–Trinajstić information content (AvgIpc) is 2.84. The van der Waals surface area contributed by atoms with Gasteiger partial charge in [0.15, 0.2) is 5.11 Å². The number of methoxy groups -OCH3 is 1. The Morgan fingerprint density at radius 3 is 2.49 bits per heavy atom. The fraction of sp³-hybridized carbons (Fsp3) is 0.160. The van der Waals surface area contributed by atoms with Gasteiger partial charge in [0, 0.05) is 16.3 Å². The number of aromatic carboxylic acids is 1. The minimum Gasteiger partial charge on any atom is -0.495 e. The molecule has 1 atom stereocenters. The Morgan fingerprint density at radius 1 is 1.03 bits per heavy atom. The van der Waals surface area contributed by atoms with Crippen molar-refractivity contribution in [2.24, 2.45) is 0 Å². The lowest BCUT2D eigenvalue weighted by atomic mass is 10.2. The molecule has 0 aliphatic carbocycles. The molecular weight excluding hydrogens is 506 g/mol. The highest BCUT2D eigenvalue weighted by molar-refractivity contribution is 8.00. The number of anilines is 3. The van der Waals surface area contributed by atoms with Crippen LogP contribution >= 0.6 is 35.6 Å². The molecule has 0 fully saturated rings. The van der Waals surface area contributed by atoms with Gasteiger partial charge in [0.25, 0.3) is 0 Å². The number of hydrogen-bond acceptors (Lipinski definition) is 5. The van der Waals surface area contributed by atoms with Crippen LogP contribution in [-0.4, -0.2) is 34.5 Å². The molecule has 182 valence electrons. The second-order valence-electron chi connectivity index (χ2n) is 7.31. The first kappa shape index (κ1) is 26.3. The molecule has 1 amide bonds. The SMILES string of the molecule is CCC(Sc1cccc(NC(=S)Nc2ccccc2OC)c1)C(=O)Nc1ccc(Cl)c(C(=O)O)c1. The number of carboxylic acid groups (broad SMARTS) is 1. The molecule has 0 aromatic heterocycles. The largest absolute Gasteiger partial charge is 0.495 e. The number of rotatable bonds is 9. The summed E-state index contributed by atoms with van der Waals surface area (Å²) >= 11 is 12.7. The van der Waals surface area contributed by atoms with Crippen molar-refractivity contribution in [3.8, 4) is 5.75 Å². The van der Waals surface area contributed by atoms with Crippen LogP contribution in [0.2, 0.25) is 5.02 Å². The molecule has 0 aliphatic rings. The van der Waals surface area contributed by atoms with Crippen LogP contribution in [0.3, 0.4) is 0 Å². The number of hydrogen-bond donors (Lipinski definition) is 4. The van der Waals surface area contributed by atoms with Crippen LogP contribution in [0.5, 0.6) is 5.75 Å². The quantitative estimate of drug-likeness (QED) is 0.187. The topological polar surface area (TPSA) is 99.7 Å². The molecule has 0 heterocycles. The van der Waals surface area contributed by atoms with Crippen LogP contribution in [0.15, 0.2) is 71.6 Å². The zero-order chi connectivity index (χ0) is 25.4. The van der Waals surface area contributed by atoms with E-state index in [0.717, 1.165) is 16.3 Å². The van der Waals surface area contributed by atoms with Crippen molar-refractivity contribution in [2.75, 3.05) is 23.1 Å². The Bertz CT molecular complexity index is 1240. The van der Waals surface area contributed by atoms with Crippen molar-refractivity contribution in [2.45, 2.75) is 23.5 Å². The van der Waals surface area contributed by atoms with E-state index in [2.05, 4.69) is 16.0 Å². The minimum atomic E-state index is -1.16. The van der Waals surface area contributed by atoms with Crippen molar-refractivity contribution in [3.05, 3.63) is 77.3 Å². The fourth-order valence-corrected chi connectivity index (χ4v) is 4.60. The number of benzene rings is 3. The number of nitrogens with one attached hydrogen (secondary N) is 3. The maximum atomic E-state index is 12.9. The zero-order valence-electron chi connectivity index (χ0n) is 19.0. The molecule has 35 heavy (non-hydrogen) atoms. The predicted octanol–water partition coefficient (Wildman–Crippen LogP) is 6.37. The third kappa shape index (κ3) is 7.35. The van der Waals surface area contributed by atoms with Gasteiger partial charge in [0.05, 0.1) is 28.6 Å². The van der Waals surface area contributed by atoms with E-state index in [-0.39, 0.29) is 16.5 Å². The summed E-state index contributed by atoms with van der Waals surface area (Å²) in [6.45, 7) is 1.91. The van der Waals surface area contributed by atoms with Gasteiger partial charge in [-0.25, -0.2) is 4.79 Å². The summed E-state index contributed by atoms with van der Waals surface area (Å²) in [6.07, 6.45) is 0.571. The van der Waals surface area contributed by atoms with Gasteiger partial charge in [-0.3, -0.25) is 4.79 Å². The van der Waals surface area contributed by atoms with Gasteiger partial charge in [-0.2, -0.15) is 0 Å². The highest BCUT2D eigenvalue weighted by Crippen LogP contribution is 2.30. The molecule has 10 heteroatoms. The molecule has 0 aliphatic heterocycles. The lowest BCUT2D eigenvalue weighted by Crippen LogP contribution is -2.24. The van der Waals surface area contributed by atoms with Gasteiger partial charge in [-0.1, -0.05) is 36.7 Å². The Hall–Kier alpha value is -3.27. The molecule has 4 N–H and O–H groups in total. The van der Waals surface area contributed by atoms with Crippen molar-refractivity contribution >= 4 is 69.6 Å². The first-order chi connectivity index (χ1) is 16.8. The predicted molar refractivity (Wildman–Crippen MR) is 146 cm³/mol. The number of carboxylic acids is 1. The molecule has 0 saturated carbocycles. The number of para-hydroxylation sites is 2. The van der Waals surface area contributed by atoms with Gasteiger partial charge >= 0.3 is 5.97 Å². The van der Waals surface area contributed by atoms with Gasteiger partial charge < -0.3 is 25.8 Å². The third-order valence-corrected chi connectivity index (χ3v) is 6.74. The Morgan fingerprint density at radius 2 is 1.77 bits per heavy atom. The van der Waals surface area contributed by atoms with Crippen molar-refractivity contribution < 1.29 is 19.4 Å². The van der Waals surface area contributed by atoms with Crippen LogP contribution < -0.4 is 20.7 Å². The highest BCUT2D eigenvalue weighted by atomic mass is 35.5. The maximum absolute atomic E-state index is 12.9. The molecule has 0 spiro atoms. The van der Waals surface area contributed by atoms with Gasteiger partial charge in [0.2, 0.25) is 5.91 Å². The molecule has 7 nitrogen and oxygen atoms in total. The smallest absolute Gasteiger partial charge is 0.337 e. The van der Waals surface area contributed by atoms with Crippen LogP contribution in [0.25, 0.3) is 0 Å². The maximum Gasteiger partial charge on any atom is 0.337 e. The van der Waals surface area contributed by atoms with Crippen LogP contribution in [0.1, 0.15) is 23.7 Å². The van der Waals surface area contributed by atoms with Gasteiger partial charge in [0.1, 0.15) is 5.75 Å². The molecule has 0 saturated heterocycles. The summed E-state index contributed by atoms with van der Waals surface area (Å²) in [6, 6.07) is 19.4. The molecule has 3 aromatic rings. The summed E-state index contributed by atoms with van der Waals surface area (Å²) in [5.41, 5.74) is 1.82. The van der Waals surface area contributed by atoms with E-state index in [4.69, 9.17) is 28.6 Å². The van der Waals surface area contributed by atoms with Gasteiger partial charge in [-0.15, -0.1) is 11.8 Å². The Balaban J connectivity index is 1.65. The standard InChI is InChI=1S/C25H24ClN3O4S2/c1-3-22(23(30)27-16-11-12-19(26)18(14-16)24(31)32)35-17-8-6-7-15(13-17)28-25(34)29-20-9-4-5-10-21(20)33-2/h4-14,22H,3H2,1-2H3,(H,27,30)(H,31,32)(H2,28,29,34). The second kappa shape index (κ2) is 12.4. The summed E-state index contributed by atoms with van der Waals surface area (Å²) in [5, 5.41) is 18.4. The van der Waals surface area contributed by atoms with Crippen LogP contribution in [0, 0.1) is 0 Å². The van der Waals surface area contributed by atoms with E-state index < -0.39 is 11.2 Å². The number of thioether (sulfide) groups is 1. The molecule has 3 aromatic carbocycles. The summed E-state index contributed by atoms with van der Waals surface area (Å²) < 4.78 is 5.33. The number of amides is 1. The van der Waals surface area contributed by atoms with E-state index in [0.29, 0.717) is 23.0 Å². The molecule has 1 unspecified atom stereocenters. The molecule has 0 bridgehead atoms. The molecular formula is C25H24ClN3O4S2. The number of halogens is 1. The molecule has 0 radical (unpaired) electrons. The number of carbonyl (C=O) groups excluding carboxylic acids is 1. The lowest BCUT2D eigenvalue weighted by Gasteiger charge is -2.17. The normalized spacial score (nSPS) is 11.3. The van der Waals surface area contributed by atoms with E-state index in [9.17, 15) is 14.7 Å². The number of ether oxygens (including phenoxy) is 1. The Kier molecular flexibility index (Phi) is 9.36. The highest BCUT2D eigenvalue weighted by Gasteiger charge is 2.19. The second-order valence-corrected chi connectivity index (χ2v) is 9.40. The summed E-state index contributed by atoms with van der Waals surface area (Å²) in [7, 11) is 1.59. The monoisotopic (exact) mass is 529 g/mol. The van der Waals surface area contributed by atoms with Gasteiger partial charge in [-0.05, 0) is 67.2 Å². The lowest BCUT2D eigenvalue weighted by molar-refractivity contribution is -0.115. The van der Waals surface area contributed by atoms with E-state index in [1.807, 2.05) is 55.5 Å². The van der Waals surface area contributed by atoms with E-state index in [1.165, 1.54) is 23.9 Å². The van der Waals surface area contributed by atoms with Crippen LogP contribution in [-0.2, 0) is 4.79 Å². The Labute approximate surface area is 218 Å². The minimum absolute atomic E-state index is 0.0679. The average molecular weight is 530 g/mol.